The molecule has 1 aliphatic heterocycles. The molecule has 94 valence electrons. The predicted octanol–water partition coefficient (Wildman–Crippen LogP) is 1.28. The minimum Gasteiger partial charge on any atom is -0.275 e. The van der Waals surface area contributed by atoms with Gasteiger partial charge in [0.15, 0.2) is 0 Å². The van der Waals surface area contributed by atoms with Crippen LogP contribution in [0.25, 0.3) is 0 Å². The highest BCUT2D eigenvalue weighted by Crippen LogP contribution is 2.25. The highest BCUT2D eigenvalue weighted by atomic mass is 19.1. The normalized spacial score (nSPS) is 15.5. The van der Waals surface area contributed by atoms with Gasteiger partial charge in [0.05, 0.1) is 5.69 Å². The molecule has 18 heavy (non-hydrogen) atoms. The van der Waals surface area contributed by atoms with Crippen LogP contribution in [0.1, 0.15) is 6.92 Å². The first-order valence-electron chi connectivity index (χ1n) is 5.02. The average molecular weight is 254 g/mol. The number of anilines is 1. The van der Waals surface area contributed by atoms with Gasteiger partial charge in [0, 0.05) is 13.0 Å². The Morgan fingerprint density at radius 3 is 2.50 bits per heavy atom. The molecule has 2 rings (SSSR count). The van der Waals surface area contributed by atoms with Crippen molar-refractivity contribution in [3.63, 3.8) is 0 Å². The fourth-order valence-electron chi connectivity index (χ4n) is 1.64. The van der Waals surface area contributed by atoms with Gasteiger partial charge in [-0.05, 0) is 12.1 Å². The number of halogens is 2. The first-order chi connectivity index (χ1) is 8.41. The number of carbonyl (C=O) groups excluding carboxylic acids is 3. The van der Waals surface area contributed by atoms with E-state index in [0.29, 0.717) is 9.80 Å². The summed E-state index contributed by atoms with van der Waals surface area (Å²) in [5.41, 5.74) is -0.492. The van der Waals surface area contributed by atoms with Gasteiger partial charge in [-0.1, -0.05) is 0 Å². The summed E-state index contributed by atoms with van der Waals surface area (Å²) in [6, 6.07) is 1.43. The molecule has 4 amide bonds. The van der Waals surface area contributed by atoms with E-state index in [1.807, 2.05) is 0 Å². The molecule has 0 aliphatic carbocycles. The van der Waals surface area contributed by atoms with E-state index in [9.17, 15) is 23.2 Å². The molecule has 1 aliphatic rings. The second-order valence-corrected chi connectivity index (χ2v) is 3.71. The van der Waals surface area contributed by atoms with Crippen LogP contribution in [0.15, 0.2) is 18.2 Å². The molecule has 1 aromatic carbocycles. The van der Waals surface area contributed by atoms with E-state index >= 15 is 0 Å². The number of amides is 4. The zero-order valence-electron chi connectivity index (χ0n) is 9.31. The van der Waals surface area contributed by atoms with Crippen molar-refractivity contribution >= 4 is 23.5 Å². The van der Waals surface area contributed by atoms with E-state index in [0.717, 1.165) is 25.1 Å². The zero-order chi connectivity index (χ0) is 13.4. The van der Waals surface area contributed by atoms with Gasteiger partial charge in [-0.2, -0.15) is 0 Å². The molecule has 7 heteroatoms. The second kappa shape index (κ2) is 4.17. The molecule has 0 bridgehead atoms. The van der Waals surface area contributed by atoms with E-state index in [4.69, 9.17) is 0 Å². The Balaban J connectivity index is 2.45. The van der Waals surface area contributed by atoms with E-state index in [1.165, 1.54) is 0 Å². The third-order valence-electron chi connectivity index (χ3n) is 2.49. The topological polar surface area (TPSA) is 57.7 Å². The van der Waals surface area contributed by atoms with Crippen LogP contribution in [0.3, 0.4) is 0 Å². The highest BCUT2D eigenvalue weighted by Gasteiger charge is 2.40. The number of rotatable bonds is 1. The van der Waals surface area contributed by atoms with Gasteiger partial charge < -0.3 is 0 Å². The van der Waals surface area contributed by atoms with Crippen LogP contribution in [-0.4, -0.2) is 29.3 Å². The van der Waals surface area contributed by atoms with Crippen LogP contribution in [0.2, 0.25) is 0 Å². The number of hydrogen-bond acceptors (Lipinski definition) is 3. The molecule has 0 N–H and O–H groups in total. The van der Waals surface area contributed by atoms with Crippen molar-refractivity contribution in [1.82, 2.24) is 4.90 Å². The SMILES string of the molecule is CC(=O)N1CC(=O)N(c2cc(F)ccc2F)C1=O. The number of imide groups is 2. The molecule has 0 radical (unpaired) electrons. The van der Waals surface area contributed by atoms with Crippen LogP contribution in [0.4, 0.5) is 19.3 Å². The Hall–Kier alpha value is -2.31. The fourth-order valence-corrected chi connectivity index (χ4v) is 1.64. The van der Waals surface area contributed by atoms with Crippen molar-refractivity contribution in [2.45, 2.75) is 6.92 Å². The lowest BCUT2D eigenvalue weighted by Gasteiger charge is -2.15. The molecular formula is C11H8F2N2O3. The van der Waals surface area contributed by atoms with Gasteiger partial charge in [-0.3, -0.25) is 14.5 Å². The van der Waals surface area contributed by atoms with Crippen LogP contribution < -0.4 is 4.90 Å². The third-order valence-corrected chi connectivity index (χ3v) is 2.49. The number of hydrogen-bond donors (Lipinski definition) is 0. The monoisotopic (exact) mass is 254 g/mol. The molecule has 0 aromatic heterocycles. The maximum Gasteiger partial charge on any atom is 0.338 e. The number of urea groups is 1. The van der Waals surface area contributed by atoms with Crippen molar-refractivity contribution in [2.75, 3.05) is 11.4 Å². The van der Waals surface area contributed by atoms with Crippen LogP contribution in [0, 0.1) is 11.6 Å². The smallest absolute Gasteiger partial charge is 0.275 e. The third kappa shape index (κ3) is 1.83. The van der Waals surface area contributed by atoms with Crippen molar-refractivity contribution < 1.29 is 23.2 Å². The molecule has 0 saturated carbocycles. The van der Waals surface area contributed by atoms with Crippen LogP contribution >= 0.6 is 0 Å². The van der Waals surface area contributed by atoms with E-state index in [-0.39, 0.29) is 0 Å². The van der Waals surface area contributed by atoms with Crippen LogP contribution in [-0.2, 0) is 9.59 Å². The zero-order valence-corrected chi connectivity index (χ0v) is 9.31. The Morgan fingerprint density at radius 1 is 1.28 bits per heavy atom. The van der Waals surface area contributed by atoms with E-state index in [2.05, 4.69) is 0 Å². The van der Waals surface area contributed by atoms with Gasteiger partial charge in [0.1, 0.15) is 18.2 Å². The summed E-state index contributed by atoms with van der Waals surface area (Å²) in [4.78, 5) is 35.5. The first-order valence-corrected chi connectivity index (χ1v) is 5.02. The first kappa shape index (κ1) is 12.2. The maximum absolute atomic E-state index is 13.5. The predicted molar refractivity (Wildman–Crippen MR) is 56.6 cm³/mol. The van der Waals surface area contributed by atoms with E-state index < -0.39 is 41.7 Å². The Labute approximate surface area is 101 Å². The summed E-state index contributed by atoms with van der Waals surface area (Å²) in [6.45, 7) is 0.640. The Kier molecular flexibility index (Phi) is 2.82. The van der Waals surface area contributed by atoms with Crippen LogP contribution in [0.5, 0.6) is 0 Å². The number of carbonyl (C=O) groups is 3. The number of benzene rings is 1. The summed E-state index contributed by atoms with van der Waals surface area (Å²) < 4.78 is 26.5. The fraction of sp³-hybridized carbons (Fsp3) is 0.182. The lowest BCUT2D eigenvalue weighted by Crippen LogP contribution is -2.35. The average Bonchev–Trinajstić information content (AvgIpc) is 2.58. The van der Waals surface area contributed by atoms with Crippen molar-refractivity contribution in [1.29, 1.82) is 0 Å². The lowest BCUT2D eigenvalue weighted by atomic mass is 10.2. The summed E-state index contributed by atoms with van der Waals surface area (Å²) in [5.74, 6) is -3.11. The quantitative estimate of drug-likeness (QED) is 0.709. The molecule has 5 nitrogen and oxygen atoms in total. The molecular weight excluding hydrogens is 246 g/mol. The minimum atomic E-state index is -0.975. The van der Waals surface area contributed by atoms with Gasteiger partial charge in [0.2, 0.25) is 5.91 Å². The molecule has 1 heterocycles. The minimum absolute atomic E-state index is 0.458. The van der Waals surface area contributed by atoms with Gasteiger partial charge in [-0.25, -0.2) is 18.5 Å². The van der Waals surface area contributed by atoms with Gasteiger partial charge in [0.25, 0.3) is 5.91 Å². The Morgan fingerprint density at radius 2 is 1.94 bits per heavy atom. The van der Waals surface area contributed by atoms with Gasteiger partial charge >= 0.3 is 6.03 Å². The molecule has 0 unspecified atom stereocenters. The Bertz CT molecular complexity index is 559. The molecule has 0 spiro atoms. The van der Waals surface area contributed by atoms with Crippen molar-refractivity contribution in [3.05, 3.63) is 29.8 Å². The maximum atomic E-state index is 13.5. The summed E-state index contributed by atoms with van der Waals surface area (Å²) in [5, 5.41) is 0. The number of nitrogens with zero attached hydrogens (tertiary/aromatic N) is 2. The second-order valence-electron chi connectivity index (χ2n) is 3.71. The standard InChI is InChI=1S/C11H8F2N2O3/c1-6(16)14-5-10(17)15(11(14)18)9-4-7(12)2-3-8(9)13/h2-4H,5H2,1H3. The molecule has 1 fully saturated rings. The van der Waals surface area contributed by atoms with E-state index in [1.54, 1.807) is 0 Å². The van der Waals surface area contributed by atoms with Crippen molar-refractivity contribution in [3.8, 4) is 0 Å². The summed E-state index contributed by atoms with van der Waals surface area (Å²) >= 11 is 0. The largest absolute Gasteiger partial charge is 0.338 e. The molecule has 1 aromatic rings. The van der Waals surface area contributed by atoms with Gasteiger partial charge in [-0.15, -0.1) is 0 Å². The molecule has 1 saturated heterocycles. The summed E-state index contributed by atoms with van der Waals surface area (Å²) in [7, 11) is 0. The molecule has 0 atom stereocenters. The highest BCUT2D eigenvalue weighted by molar-refractivity contribution is 6.23. The van der Waals surface area contributed by atoms with Crippen molar-refractivity contribution in [2.24, 2.45) is 0 Å². The lowest BCUT2D eigenvalue weighted by molar-refractivity contribution is -0.128. The summed E-state index contributed by atoms with van der Waals surface area (Å²) in [6.07, 6.45) is 0.